The second-order valence-electron chi connectivity index (χ2n) is 8.55. The fourth-order valence-corrected chi connectivity index (χ4v) is 3.75. The Bertz CT molecular complexity index is 1170. The number of carbonyl (C=O) groups is 2. The zero-order chi connectivity index (χ0) is 32.6. The predicted molar refractivity (Wildman–Crippen MR) is 177 cm³/mol. The SMILES string of the molecule is C=CC=O.CCNc1nc(NC(C)C)nc(SC)n1.CCc1cccc(CC)c1N(COC)C(=O)CCl.Nc1ncn[nH]1. The summed E-state index contributed by atoms with van der Waals surface area (Å²) in [6.07, 6.45) is 6.89. The fraction of sp³-hybridized carbons (Fsp3) is 0.464. The lowest BCUT2D eigenvalue weighted by Crippen LogP contribution is -2.35. The molecule has 238 valence electrons. The summed E-state index contributed by atoms with van der Waals surface area (Å²) in [6, 6.07) is 6.42. The lowest BCUT2D eigenvalue weighted by atomic mass is 10.0. The van der Waals surface area contributed by atoms with E-state index in [2.05, 4.69) is 75.0 Å². The molecule has 0 bridgehead atoms. The van der Waals surface area contributed by atoms with E-state index in [1.54, 1.807) is 12.0 Å². The van der Waals surface area contributed by atoms with Crippen LogP contribution in [0.25, 0.3) is 0 Å². The number of nitrogens with two attached hydrogens (primary N) is 1. The quantitative estimate of drug-likeness (QED) is 0.0716. The van der Waals surface area contributed by atoms with Gasteiger partial charge < -0.3 is 21.1 Å². The maximum Gasteiger partial charge on any atom is 0.243 e. The molecule has 0 radical (unpaired) electrons. The average Bonchev–Trinajstić information content (AvgIpc) is 3.50. The largest absolute Gasteiger partial charge is 0.368 e. The number of para-hydroxylation sites is 1. The predicted octanol–water partition coefficient (Wildman–Crippen LogP) is 4.59. The number of hydrogen-bond acceptors (Lipinski definition) is 12. The van der Waals surface area contributed by atoms with E-state index in [1.165, 1.54) is 24.2 Å². The maximum absolute atomic E-state index is 12.0. The van der Waals surface area contributed by atoms with Crippen LogP contribution in [0.2, 0.25) is 0 Å². The van der Waals surface area contributed by atoms with Crippen molar-refractivity contribution in [1.29, 1.82) is 0 Å². The number of allylic oxidation sites excluding steroid dienone is 1. The van der Waals surface area contributed by atoms with Crippen molar-refractivity contribution in [1.82, 2.24) is 30.1 Å². The van der Waals surface area contributed by atoms with Crippen LogP contribution >= 0.6 is 23.4 Å². The molecule has 2 aromatic heterocycles. The van der Waals surface area contributed by atoms with Gasteiger partial charge in [-0.1, -0.05) is 50.4 Å². The highest BCUT2D eigenvalue weighted by molar-refractivity contribution is 7.98. The zero-order valence-corrected chi connectivity index (χ0v) is 27.6. The van der Waals surface area contributed by atoms with Crippen molar-refractivity contribution in [2.75, 3.05) is 53.8 Å². The van der Waals surface area contributed by atoms with Gasteiger partial charge in [-0.05, 0) is 57.1 Å². The Morgan fingerprint density at radius 3 is 2.16 bits per heavy atom. The van der Waals surface area contributed by atoms with Crippen molar-refractivity contribution in [3.8, 4) is 0 Å². The third-order valence-corrected chi connectivity index (χ3v) is 5.76. The topological polar surface area (TPSA) is 177 Å². The van der Waals surface area contributed by atoms with Crippen LogP contribution in [-0.4, -0.2) is 80.9 Å². The Labute approximate surface area is 263 Å². The summed E-state index contributed by atoms with van der Waals surface area (Å²) in [5.41, 5.74) is 8.29. The van der Waals surface area contributed by atoms with Crippen molar-refractivity contribution in [2.24, 2.45) is 0 Å². The molecule has 0 atom stereocenters. The molecule has 0 unspecified atom stereocenters. The number of nitrogens with zero attached hydrogens (tertiary/aromatic N) is 6. The monoisotopic (exact) mass is 636 g/mol. The molecule has 1 aromatic carbocycles. The number of halogens is 1. The molecular formula is C28H45ClN10O3S. The molecule has 15 heteroatoms. The lowest BCUT2D eigenvalue weighted by molar-refractivity contribution is -0.117. The number of thioether (sulfide) groups is 1. The van der Waals surface area contributed by atoms with Crippen LogP contribution in [0.4, 0.5) is 23.5 Å². The van der Waals surface area contributed by atoms with E-state index in [4.69, 9.17) is 26.9 Å². The summed E-state index contributed by atoms with van der Waals surface area (Å²) < 4.78 is 5.13. The number of amides is 1. The molecule has 13 nitrogen and oxygen atoms in total. The number of nitrogen functional groups attached to an aromatic ring is 1. The minimum absolute atomic E-state index is 0.0371. The molecule has 1 amide bonds. The summed E-state index contributed by atoms with van der Waals surface area (Å²) in [5.74, 6) is 1.44. The Balaban J connectivity index is 0.000000628. The van der Waals surface area contributed by atoms with Gasteiger partial charge in [-0.15, -0.1) is 11.6 Å². The van der Waals surface area contributed by atoms with E-state index in [1.807, 2.05) is 31.4 Å². The number of rotatable bonds is 12. The summed E-state index contributed by atoms with van der Waals surface area (Å²) >= 11 is 7.18. The van der Waals surface area contributed by atoms with E-state index in [0.717, 1.165) is 41.4 Å². The van der Waals surface area contributed by atoms with Gasteiger partial charge in [-0.25, -0.2) is 10.1 Å². The average molecular weight is 637 g/mol. The first kappa shape index (κ1) is 39.2. The first-order valence-electron chi connectivity index (χ1n) is 13.6. The van der Waals surface area contributed by atoms with E-state index in [0.29, 0.717) is 30.2 Å². The van der Waals surface area contributed by atoms with Gasteiger partial charge in [0.25, 0.3) is 0 Å². The molecule has 0 aliphatic rings. The minimum Gasteiger partial charge on any atom is -0.368 e. The molecule has 0 fully saturated rings. The van der Waals surface area contributed by atoms with Gasteiger partial charge >= 0.3 is 0 Å². The number of H-pyrrole nitrogens is 1. The van der Waals surface area contributed by atoms with Gasteiger partial charge in [0.2, 0.25) is 23.8 Å². The standard InChI is InChI=1S/C14H20ClNO2.C9H17N5S.C3H4O.C2H4N4/c1-4-11-7-6-8-12(5-2)14(11)16(10-18-3)13(17)9-15;1-5-10-7-12-8(11-6(2)3)14-9(13-7)15-4;1-2-3-4;3-2-4-1-5-6-2/h6-8H,4-5,9-10H2,1-3H3;6H,5H2,1-4H3,(H2,10,11,12,13,14);2-3H,1H2;1H,(H3,3,4,5,6). The Kier molecular flexibility index (Phi) is 21.7. The lowest BCUT2D eigenvalue weighted by Gasteiger charge is -2.26. The highest BCUT2D eigenvalue weighted by Crippen LogP contribution is 2.27. The molecule has 0 saturated heterocycles. The molecule has 5 N–H and O–H groups in total. The van der Waals surface area contributed by atoms with Crippen molar-refractivity contribution < 1.29 is 14.3 Å². The van der Waals surface area contributed by atoms with E-state index in [9.17, 15) is 4.79 Å². The summed E-state index contributed by atoms with van der Waals surface area (Å²) in [5, 5.41) is 12.8. The first-order chi connectivity index (χ1) is 20.6. The summed E-state index contributed by atoms with van der Waals surface area (Å²) in [6.45, 7) is 14.4. The Morgan fingerprint density at radius 2 is 1.79 bits per heavy atom. The number of aldehydes is 1. The molecule has 2 heterocycles. The highest BCUT2D eigenvalue weighted by atomic mass is 35.5. The molecule has 0 aliphatic heterocycles. The van der Waals surface area contributed by atoms with Crippen LogP contribution in [0.15, 0.2) is 42.3 Å². The number of benzene rings is 1. The van der Waals surface area contributed by atoms with Crippen molar-refractivity contribution >= 4 is 59.1 Å². The number of aryl methyl sites for hydroxylation is 2. The van der Waals surface area contributed by atoms with Gasteiger partial charge in [-0.2, -0.15) is 20.1 Å². The normalized spacial score (nSPS) is 9.70. The highest BCUT2D eigenvalue weighted by Gasteiger charge is 2.19. The van der Waals surface area contributed by atoms with E-state index >= 15 is 0 Å². The van der Waals surface area contributed by atoms with Crippen LogP contribution in [0, 0.1) is 0 Å². The van der Waals surface area contributed by atoms with Crippen LogP contribution in [0.3, 0.4) is 0 Å². The first-order valence-corrected chi connectivity index (χ1v) is 15.3. The third-order valence-electron chi connectivity index (χ3n) is 4.99. The van der Waals surface area contributed by atoms with Crippen molar-refractivity contribution in [3.05, 3.63) is 48.3 Å². The van der Waals surface area contributed by atoms with Gasteiger partial charge in [-0.3, -0.25) is 14.5 Å². The summed E-state index contributed by atoms with van der Waals surface area (Å²) in [4.78, 5) is 38.9. The molecule has 3 aromatic rings. The van der Waals surface area contributed by atoms with Crippen LogP contribution < -0.4 is 21.3 Å². The number of methoxy groups -OCH3 is 1. The number of aromatic nitrogens is 6. The minimum atomic E-state index is -0.130. The van der Waals surface area contributed by atoms with Gasteiger partial charge in [0.05, 0.1) is 5.69 Å². The van der Waals surface area contributed by atoms with Crippen molar-refractivity contribution in [2.45, 2.75) is 58.7 Å². The van der Waals surface area contributed by atoms with Gasteiger partial charge in [0.1, 0.15) is 25.2 Å². The summed E-state index contributed by atoms with van der Waals surface area (Å²) in [7, 11) is 1.58. The number of aromatic amines is 1. The molecular weight excluding hydrogens is 592 g/mol. The van der Waals surface area contributed by atoms with E-state index in [-0.39, 0.29) is 18.5 Å². The number of nitrogens with one attached hydrogen (secondary N) is 3. The smallest absolute Gasteiger partial charge is 0.243 e. The maximum atomic E-state index is 12.0. The number of alkyl halides is 1. The zero-order valence-electron chi connectivity index (χ0n) is 26.1. The van der Waals surface area contributed by atoms with Crippen molar-refractivity contribution in [3.63, 3.8) is 0 Å². The van der Waals surface area contributed by atoms with Gasteiger partial charge in [0, 0.05) is 19.7 Å². The van der Waals surface area contributed by atoms with E-state index < -0.39 is 0 Å². The van der Waals surface area contributed by atoms with Crippen LogP contribution in [0.1, 0.15) is 45.7 Å². The molecule has 3 rings (SSSR count). The second kappa shape index (κ2) is 23.8. The fourth-order valence-electron chi connectivity index (χ4n) is 3.25. The number of carbonyl (C=O) groups excluding carboxylic acids is 2. The molecule has 0 aliphatic carbocycles. The molecule has 0 spiro atoms. The number of ether oxygens (including phenoxy) is 1. The number of hydrogen-bond donors (Lipinski definition) is 4. The second-order valence-corrected chi connectivity index (χ2v) is 9.59. The third kappa shape index (κ3) is 15.9. The Morgan fingerprint density at radius 1 is 1.19 bits per heavy atom. The number of anilines is 4. The molecule has 0 saturated carbocycles. The Hall–Kier alpha value is -3.75. The van der Waals surface area contributed by atoms with Gasteiger partial charge in [0.15, 0.2) is 5.16 Å². The molecule has 43 heavy (non-hydrogen) atoms. The van der Waals surface area contributed by atoms with Crippen LogP contribution in [0.5, 0.6) is 0 Å². The van der Waals surface area contributed by atoms with Crippen LogP contribution in [-0.2, 0) is 27.2 Å².